The lowest BCUT2D eigenvalue weighted by Crippen LogP contribution is -2.50. The lowest BCUT2D eigenvalue weighted by Gasteiger charge is -2.37. The molecule has 0 aromatic rings. The van der Waals surface area contributed by atoms with E-state index < -0.39 is 30.3 Å². The van der Waals surface area contributed by atoms with Gasteiger partial charge in [0.25, 0.3) is 0 Å². The Hall–Kier alpha value is -0.320. The predicted molar refractivity (Wildman–Crippen MR) is 45.8 cm³/mol. The van der Waals surface area contributed by atoms with Crippen LogP contribution >= 0.6 is 0 Å². The molecule has 1 rings (SSSR count). The van der Waals surface area contributed by atoms with Gasteiger partial charge in [0, 0.05) is 18.5 Å². The molecule has 2 unspecified atom stereocenters. The van der Waals surface area contributed by atoms with Crippen LogP contribution in [0.15, 0.2) is 0 Å². The van der Waals surface area contributed by atoms with E-state index in [1.807, 2.05) is 0 Å². The van der Waals surface area contributed by atoms with Crippen LogP contribution in [0.2, 0.25) is 0 Å². The zero-order valence-corrected chi connectivity index (χ0v) is 8.53. The van der Waals surface area contributed by atoms with Crippen molar-refractivity contribution in [1.29, 1.82) is 0 Å². The van der Waals surface area contributed by atoms with E-state index in [1.165, 1.54) is 4.90 Å². The number of hydrogen-bond donors (Lipinski definition) is 0. The highest BCUT2D eigenvalue weighted by Crippen LogP contribution is 2.37. The van der Waals surface area contributed by atoms with E-state index in [2.05, 4.69) is 0 Å². The molecule has 0 amide bonds. The second kappa shape index (κ2) is 3.36. The molecule has 2 atom stereocenters. The zero-order chi connectivity index (χ0) is 11.1. The first kappa shape index (κ1) is 11.8. The van der Waals surface area contributed by atoms with Crippen molar-refractivity contribution < 1.29 is 17.6 Å². The summed E-state index contributed by atoms with van der Waals surface area (Å²) >= 11 is 0. The summed E-state index contributed by atoms with van der Waals surface area (Å²) < 4.78 is 50.5. The Labute approximate surface area is 81.1 Å². The average molecular weight is 213 g/mol. The van der Waals surface area contributed by atoms with Crippen molar-refractivity contribution in [2.45, 2.75) is 51.1 Å². The Balaban J connectivity index is 2.84. The molecule has 1 nitrogen and oxygen atoms in total. The Morgan fingerprint density at radius 3 is 1.93 bits per heavy atom. The first-order chi connectivity index (χ1) is 6.12. The first-order valence-corrected chi connectivity index (χ1v) is 4.60. The van der Waals surface area contributed by atoms with E-state index >= 15 is 0 Å². The molecule has 0 radical (unpaired) electrons. The molecule has 14 heavy (non-hydrogen) atoms. The topological polar surface area (TPSA) is 3.24 Å². The van der Waals surface area contributed by atoms with Crippen LogP contribution in [0.1, 0.15) is 27.2 Å². The Kier molecular flexibility index (Phi) is 2.82. The van der Waals surface area contributed by atoms with Gasteiger partial charge < -0.3 is 0 Å². The van der Waals surface area contributed by atoms with Crippen molar-refractivity contribution >= 4 is 0 Å². The lowest BCUT2D eigenvalue weighted by atomic mass is 10.0. The van der Waals surface area contributed by atoms with E-state index in [0.29, 0.717) is 0 Å². The monoisotopic (exact) mass is 213 g/mol. The number of nitrogens with zero attached hydrogens (tertiary/aromatic N) is 1. The summed E-state index contributed by atoms with van der Waals surface area (Å²) in [5.74, 6) is 0. The molecule has 0 aromatic heterocycles. The minimum absolute atomic E-state index is 0.117. The first-order valence-electron chi connectivity index (χ1n) is 4.60. The molecular formula is C9H15F4N. The Bertz CT molecular complexity index is 184. The maximum absolute atomic E-state index is 12.9. The van der Waals surface area contributed by atoms with Crippen LogP contribution in [0, 0.1) is 0 Å². The average Bonchev–Trinajstić information content (AvgIpc) is 2.27. The second-order valence-corrected chi connectivity index (χ2v) is 4.71. The van der Waals surface area contributed by atoms with Crippen molar-refractivity contribution in [3.8, 4) is 0 Å². The van der Waals surface area contributed by atoms with E-state index in [-0.39, 0.29) is 6.54 Å². The fourth-order valence-electron chi connectivity index (χ4n) is 1.84. The molecule has 1 aliphatic heterocycles. The third-order valence-corrected chi connectivity index (χ3v) is 2.49. The molecule has 1 saturated heterocycles. The van der Waals surface area contributed by atoms with Gasteiger partial charge in [0.15, 0.2) is 0 Å². The van der Waals surface area contributed by atoms with Crippen molar-refractivity contribution in [2.75, 3.05) is 6.54 Å². The highest BCUT2D eigenvalue weighted by Gasteiger charge is 2.52. The number of rotatable bonds is 0. The van der Waals surface area contributed by atoms with Gasteiger partial charge in [-0.25, -0.2) is 4.39 Å². The van der Waals surface area contributed by atoms with Crippen LogP contribution in [0.3, 0.4) is 0 Å². The lowest BCUT2D eigenvalue weighted by molar-refractivity contribution is -0.186. The van der Waals surface area contributed by atoms with Crippen molar-refractivity contribution in [3.63, 3.8) is 0 Å². The van der Waals surface area contributed by atoms with E-state index in [0.717, 1.165) is 0 Å². The number of likely N-dealkylation sites (tertiary alicyclic amines) is 1. The van der Waals surface area contributed by atoms with Crippen LogP contribution in [0.5, 0.6) is 0 Å². The summed E-state index contributed by atoms with van der Waals surface area (Å²) in [6.45, 7) is 4.89. The van der Waals surface area contributed by atoms with Crippen LogP contribution in [0.4, 0.5) is 17.6 Å². The number of alkyl halides is 4. The van der Waals surface area contributed by atoms with Gasteiger partial charge in [-0.1, -0.05) is 0 Å². The summed E-state index contributed by atoms with van der Waals surface area (Å²) in [5, 5.41) is 0. The van der Waals surface area contributed by atoms with Crippen molar-refractivity contribution in [2.24, 2.45) is 0 Å². The van der Waals surface area contributed by atoms with Gasteiger partial charge in [0.2, 0.25) is 0 Å². The van der Waals surface area contributed by atoms with Crippen molar-refractivity contribution in [1.82, 2.24) is 4.90 Å². The molecular weight excluding hydrogens is 198 g/mol. The standard InChI is InChI=1S/C9H15F4N/c1-8(2,3)14-5-6(10)4-7(14)9(11,12)13/h6-7H,4-5H2,1-3H3. The summed E-state index contributed by atoms with van der Waals surface area (Å²) in [7, 11) is 0. The van der Waals surface area contributed by atoms with Crippen LogP contribution < -0.4 is 0 Å². The molecule has 0 N–H and O–H groups in total. The van der Waals surface area contributed by atoms with E-state index in [9.17, 15) is 17.6 Å². The van der Waals surface area contributed by atoms with Gasteiger partial charge in [-0.15, -0.1) is 0 Å². The maximum atomic E-state index is 12.9. The minimum atomic E-state index is -4.33. The molecule has 84 valence electrons. The summed E-state index contributed by atoms with van der Waals surface area (Å²) in [4.78, 5) is 1.19. The van der Waals surface area contributed by atoms with Gasteiger partial charge in [-0.05, 0) is 20.8 Å². The summed E-state index contributed by atoms with van der Waals surface area (Å²) in [5.41, 5.74) is -0.638. The van der Waals surface area contributed by atoms with Crippen LogP contribution in [0.25, 0.3) is 0 Å². The fraction of sp³-hybridized carbons (Fsp3) is 1.00. The smallest absolute Gasteiger partial charge is 0.284 e. The highest BCUT2D eigenvalue weighted by atomic mass is 19.4. The van der Waals surface area contributed by atoms with Gasteiger partial charge in [0.05, 0.1) is 0 Å². The molecule has 0 aromatic carbocycles. The third-order valence-electron chi connectivity index (χ3n) is 2.49. The van der Waals surface area contributed by atoms with Gasteiger partial charge >= 0.3 is 6.18 Å². The Morgan fingerprint density at radius 2 is 1.64 bits per heavy atom. The summed E-state index contributed by atoms with van der Waals surface area (Å²) in [6, 6.07) is -1.63. The maximum Gasteiger partial charge on any atom is 0.404 e. The predicted octanol–water partition coefficient (Wildman–Crippen LogP) is 2.76. The molecule has 1 fully saturated rings. The molecule has 0 spiro atoms. The fourth-order valence-corrected chi connectivity index (χ4v) is 1.84. The summed E-state index contributed by atoms with van der Waals surface area (Å²) in [6.07, 6.45) is -6.12. The molecule has 0 aliphatic carbocycles. The zero-order valence-electron chi connectivity index (χ0n) is 8.53. The second-order valence-electron chi connectivity index (χ2n) is 4.71. The SMILES string of the molecule is CC(C)(C)N1CC(F)CC1C(F)(F)F. The largest absolute Gasteiger partial charge is 0.404 e. The van der Waals surface area contributed by atoms with Crippen LogP contribution in [-0.4, -0.2) is 35.4 Å². The highest BCUT2D eigenvalue weighted by molar-refractivity contribution is 4.95. The molecule has 1 heterocycles. The van der Waals surface area contributed by atoms with Crippen LogP contribution in [-0.2, 0) is 0 Å². The van der Waals surface area contributed by atoms with E-state index in [1.54, 1.807) is 20.8 Å². The molecule has 1 aliphatic rings. The Morgan fingerprint density at radius 1 is 1.14 bits per heavy atom. The van der Waals surface area contributed by atoms with Crippen molar-refractivity contribution in [3.05, 3.63) is 0 Å². The number of halogens is 4. The normalized spacial score (nSPS) is 31.1. The molecule has 0 saturated carbocycles. The quantitative estimate of drug-likeness (QED) is 0.559. The molecule has 0 bridgehead atoms. The molecule has 5 heteroatoms. The van der Waals surface area contributed by atoms with Gasteiger partial charge in [0.1, 0.15) is 12.2 Å². The minimum Gasteiger partial charge on any atom is -0.284 e. The van der Waals surface area contributed by atoms with Gasteiger partial charge in [-0.2, -0.15) is 13.2 Å². The third kappa shape index (κ3) is 2.38. The number of hydrogen-bond acceptors (Lipinski definition) is 1. The van der Waals surface area contributed by atoms with E-state index in [4.69, 9.17) is 0 Å². The van der Waals surface area contributed by atoms with Gasteiger partial charge in [-0.3, -0.25) is 4.90 Å².